The number of allylic oxidation sites excluding steroid dienone is 1. The third-order valence-electron chi connectivity index (χ3n) is 5.76. The molecule has 3 aromatic carbocycles. The number of hydrogen-bond donors (Lipinski definition) is 1. The van der Waals surface area contributed by atoms with E-state index < -0.39 is 0 Å². The van der Waals surface area contributed by atoms with E-state index in [9.17, 15) is 0 Å². The van der Waals surface area contributed by atoms with Crippen LogP contribution in [0.5, 0.6) is 11.5 Å². The van der Waals surface area contributed by atoms with Gasteiger partial charge in [-0.05, 0) is 55.7 Å². The van der Waals surface area contributed by atoms with E-state index in [0.717, 1.165) is 28.3 Å². The largest absolute Gasteiger partial charge is 0.496 e. The molecule has 0 fully saturated rings. The molecule has 0 unspecified atom stereocenters. The second kappa shape index (κ2) is 6.41. The molecule has 0 aromatic heterocycles. The van der Waals surface area contributed by atoms with Gasteiger partial charge in [0.25, 0.3) is 0 Å². The average Bonchev–Trinajstić information content (AvgIpc) is 2.71. The molecule has 3 aromatic rings. The Labute approximate surface area is 172 Å². The fourth-order valence-corrected chi connectivity index (χ4v) is 4.73. The summed E-state index contributed by atoms with van der Waals surface area (Å²) in [7, 11) is 1.71. The monoisotopic (exact) mass is 383 g/mol. The minimum atomic E-state index is -0.174. The van der Waals surface area contributed by atoms with Crippen LogP contribution in [0.15, 0.2) is 66.7 Å². The highest BCUT2D eigenvalue weighted by Gasteiger charge is 2.35. The number of anilines is 1. The van der Waals surface area contributed by atoms with E-state index in [1.54, 1.807) is 7.11 Å². The molecule has 0 bridgehead atoms. The Morgan fingerprint density at radius 2 is 1.72 bits per heavy atom. The lowest BCUT2D eigenvalue weighted by Crippen LogP contribution is -2.32. The van der Waals surface area contributed by atoms with Gasteiger partial charge in [-0.1, -0.05) is 48.5 Å². The Balaban J connectivity index is 1.84. The van der Waals surface area contributed by atoms with Crippen molar-refractivity contribution in [3.63, 3.8) is 0 Å². The van der Waals surface area contributed by atoms with E-state index in [1.165, 1.54) is 22.3 Å². The van der Waals surface area contributed by atoms with Crippen molar-refractivity contribution in [3.8, 4) is 22.6 Å². The van der Waals surface area contributed by atoms with Crippen LogP contribution in [-0.2, 0) is 0 Å². The number of fused-ring (bicyclic) bond motifs is 5. The summed E-state index contributed by atoms with van der Waals surface area (Å²) in [6.07, 6.45) is 2.13. The zero-order chi connectivity index (χ0) is 20.2. The molecule has 0 amide bonds. The number of methoxy groups -OCH3 is 1. The fraction of sp³-hybridized carbons (Fsp3) is 0.231. The summed E-state index contributed by atoms with van der Waals surface area (Å²) in [4.78, 5) is 0. The Morgan fingerprint density at radius 1 is 0.931 bits per heavy atom. The van der Waals surface area contributed by atoms with Gasteiger partial charge in [0.15, 0.2) is 6.10 Å². The summed E-state index contributed by atoms with van der Waals surface area (Å²) >= 11 is 0. The highest BCUT2D eigenvalue weighted by Crippen LogP contribution is 2.53. The van der Waals surface area contributed by atoms with Crippen molar-refractivity contribution in [2.75, 3.05) is 12.4 Å². The van der Waals surface area contributed by atoms with Crippen LogP contribution in [0.25, 0.3) is 16.7 Å². The summed E-state index contributed by atoms with van der Waals surface area (Å²) in [6, 6.07) is 20.9. The maximum absolute atomic E-state index is 6.62. The predicted octanol–water partition coefficient (Wildman–Crippen LogP) is 6.45. The van der Waals surface area contributed by atoms with E-state index in [1.807, 2.05) is 24.3 Å². The Bertz CT molecular complexity index is 1130. The molecular formula is C26H25NO2. The molecule has 3 heteroatoms. The molecule has 0 spiro atoms. The van der Waals surface area contributed by atoms with Gasteiger partial charge in [-0.25, -0.2) is 0 Å². The lowest BCUT2D eigenvalue weighted by molar-refractivity contribution is 0.242. The molecule has 2 aliphatic rings. The lowest BCUT2D eigenvalue weighted by atomic mass is 9.80. The predicted molar refractivity (Wildman–Crippen MR) is 119 cm³/mol. The molecule has 29 heavy (non-hydrogen) atoms. The van der Waals surface area contributed by atoms with Crippen LogP contribution in [0.2, 0.25) is 0 Å². The Hall–Kier alpha value is -3.20. The zero-order valence-corrected chi connectivity index (χ0v) is 17.2. The van der Waals surface area contributed by atoms with Crippen LogP contribution >= 0.6 is 0 Å². The third kappa shape index (κ3) is 2.80. The number of benzene rings is 3. The second-order valence-corrected chi connectivity index (χ2v) is 8.37. The fourth-order valence-electron chi connectivity index (χ4n) is 4.73. The molecule has 2 heterocycles. The Kier molecular flexibility index (Phi) is 3.95. The first kappa shape index (κ1) is 17.9. The number of ether oxygens (including phenoxy) is 2. The van der Waals surface area contributed by atoms with Crippen LogP contribution in [0, 0.1) is 0 Å². The second-order valence-electron chi connectivity index (χ2n) is 8.37. The first-order valence-electron chi connectivity index (χ1n) is 10.0. The topological polar surface area (TPSA) is 30.5 Å². The summed E-state index contributed by atoms with van der Waals surface area (Å²) in [5.74, 6) is 1.69. The van der Waals surface area contributed by atoms with Crippen molar-refractivity contribution in [1.29, 1.82) is 0 Å². The number of nitrogens with one attached hydrogen (secondary N) is 1. The van der Waals surface area contributed by atoms with Crippen LogP contribution in [0.3, 0.4) is 0 Å². The van der Waals surface area contributed by atoms with Gasteiger partial charge in [-0.2, -0.15) is 0 Å². The van der Waals surface area contributed by atoms with Crippen LogP contribution in [0.1, 0.15) is 43.6 Å². The maximum atomic E-state index is 6.62. The van der Waals surface area contributed by atoms with Crippen molar-refractivity contribution in [2.24, 2.45) is 0 Å². The van der Waals surface area contributed by atoms with E-state index in [4.69, 9.17) is 9.47 Å². The first-order chi connectivity index (χ1) is 14.0. The molecule has 1 N–H and O–H groups in total. The SMILES string of the molecule is COc1cccc2c1-c1ccc3c(c1[C@@H](c1ccccc1)O2)C(C)=CC(C)(C)N3. The normalized spacial score (nSPS) is 18.3. The molecule has 0 saturated carbocycles. The maximum Gasteiger partial charge on any atom is 0.150 e. The molecule has 1 atom stereocenters. The van der Waals surface area contributed by atoms with Gasteiger partial charge >= 0.3 is 0 Å². The Morgan fingerprint density at radius 3 is 2.48 bits per heavy atom. The molecule has 0 saturated heterocycles. The molecule has 3 nitrogen and oxygen atoms in total. The summed E-state index contributed by atoms with van der Waals surface area (Å²) in [5.41, 5.74) is 8.10. The standard InChI is InChI=1S/C26H25NO2/c1-16-15-26(2,3)27-19-14-13-18-23-20(28-4)11-8-12-21(23)29-25(24(18)22(16)19)17-9-6-5-7-10-17/h5-15,25,27H,1-4H3/t25-/m1/s1. The van der Waals surface area contributed by atoms with Crippen LogP contribution in [-0.4, -0.2) is 12.6 Å². The van der Waals surface area contributed by atoms with Crippen molar-refractivity contribution in [2.45, 2.75) is 32.4 Å². The van der Waals surface area contributed by atoms with Gasteiger partial charge in [0.2, 0.25) is 0 Å². The highest BCUT2D eigenvalue weighted by molar-refractivity contribution is 5.91. The van der Waals surface area contributed by atoms with Crippen molar-refractivity contribution >= 4 is 11.3 Å². The molecule has 146 valence electrons. The van der Waals surface area contributed by atoms with Crippen molar-refractivity contribution in [1.82, 2.24) is 0 Å². The van der Waals surface area contributed by atoms with E-state index >= 15 is 0 Å². The van der Waals surface area contributed by atoms with Crippen molar-refractivity contribution in [3.05, 3.63) is 83.4 Å². The van der Waals surface area contributed by atoms with Gasteiger partial charge in [0.1, 0.15) is 11.5 Å². The smallest absolute Gasteiger partial charge is 0.150 e. The third-order valence-corrected chi connectivity index (χ3v) is 5.76. The van der Waals surface area contributed by atoms with Gasteiger partial charge in [-0.15, -0.1) is 0 Å². The zero-order valence-electron chi connectivity index (χ0n) is 17.2. The number of rotatable bonds is 2. The summed E-state index contributed by atoms with van der Waals surface area (Å²) in [5, 5.41) is 3.68. The van der Waals surface area contributed by atoms with Gasteiger partial charge < -0.3 is 14.8 Å². The van der Waals surface area contributed by atoms with Gasteiger partial charge in [0.05, 0.1) is 18.2 Å². The molecule has 5 rings (SSSR count). The van der Waals surface area contributed by atoms with Crippen LogP contribution in [0.4, 0.5) is 5.69 Å². The molecule has 2 aliphatic heterocycles. The highest BCUT2D eigenvalue weighted by atomic mass is 16.5. The van der Waals surface area contributed by atoms with E-state index in [0.29, 0.717) is 0 Å². The minimum Gasteiger partial charge on any atom is -0.496 e. The average molecular weight is 383 g/mol. The first-order valence-corrected chi connectivity index (χ1v) is 10.0. The van der Waals surface area contributed by atoms with Gasteiger partial charge in [-0.3, -0.25) is 0 Å². The molecule has 0 radical (unpaired) electrons. The van der Waals surface area contributed by atoms with E-state index in [-0.39, 0.29) is 11.6 Å². The minimum absolute atomic E-state index is 0.0846. The molecular weight excluding hydrogens is 358 g/mol. The quantitative estimate of drug-likeness (QED) is 0.551. The van der Waals surface area contributed by atoms with Gasteiger partial charge in [0, 0.05) is 16.8 Å². The summed E-state index contributed by atoms with van der Waals surface area (Å²) in [6.45, 7) is 6.59. The van der Waals surface area contributed by atoms with Crippen LogP contribution < -0.4 is 14.8 Å². The summed E-state index contributed by atoms with van der Waals surface area (Å²) < 4.78 is 12.3. The van der Waals surface area contributed by atoms with Crippen molar-refractivity contribution < 1.29 is 9.47 Å². The van der Waals surface area contributed by atoms with E-state index in [2.05, 4.69) is 68.6 Å². The number of hydrogen-bond acceptors (Lipinski definition) is 3. The lowest BCUT2D eigenvalue weighted by Gasteiger charge is -2.37. The molecule has 0 aliphatic carbocycles.